The number of nitrogens with one attached hydrogen (secondary N) is 1. The quantitative estimate of drug-likeness (QED) is 0.809. The summed E-state index contributed by atoms with van der Waals surface area (Å²) in [5, 5.41) is 12.6. The average Bonchev–Trinajstić information content (AvgIpc) is 2.76. The third-order valence-corrected chi connectivity index (χ3v) is 5.01. The van der Waals surface area contributed by atoms with Gasteiger partial charge in [-0.05, 0) is 59.9 Å². The molecule has 3 nitrogen and oxygen atoms in total. The molecule has 0 spiro atoms. The van der Waals surface area contributed by atoms with Crippen molar-refractivity contribution in [3.63, 3.8) is 0 Å². The van der Waals surface area contributed by atoms with Crippen LogP contribution in [0.15, 0.2) is 15.9 Å². The van der Waals surface area contributed by atoms with Gasteiger partial charge in [-0.1, -0.05) is 0 Å². The van der Waals surface area contributed by atoms with Gasteiger partial charge in [-0.3, -0.25) is 4.90 Å². The van der Waals surface area contributed by atoms with E-state index in [0.717, 1.165) is 38.6 Å². The van der Waals surface area contributed by atoms with Crippen molar-refractivity contribution in [3.8, 4) is 0 Å². The van der Waals surface area contributed by atoms with Crippen molar-refractivity contribution in [2.75, 3.05) is 32.8 Å². The number of rotatable bonds is 6. The second-order valence-corrected chi connectivity index (χ2v) is 7.41. The Morgan fingerprint density at radius 1 is 1.37 bits per heavy atom. The lowest BCUT2D eigenvalue weighted by Crippen LogP contribution is -2.37. The molecule has 0 saturated carbocycles. The van der Waals surface area contributed by atoms with E-state index in [9.17, 15) is 5.11 Å². The standard InChI is InChI=1S/C13H21BrN2OS.ClH/c14-13-2-1-12(18-13)10-16(7-8-17)9-11-3-5-15-6-4-11;/h1-2,11,15,17H,3-10H2;1H. The van der Waals surface area contributed by atoms with Crippen molar-refractivity contribution < 1.29 is 5.11 Å². The fourth-order valence-electron chi connectivity index (χ4n) is 2.46. The van der Waals surface area contributed by atoms with E-state index in [0.29, 0.717) is 0 Å². The Morgan fingerprint density at radius 3 is 2.68 bits per heavy atom. The zero-order valence-electron chi connectivity index (χ0n) is 11.0. The van der Waals surface area contributed by atoms with E-state index in [1.807, 2.05) is 0 Å². The Labute approximate surface area is 133 Å². The van der Waals surface area contributed by atoms with Gasteiger partial charge in [-0.2, -0.15) is 0 Å². The molecule has 110 valence electrons. The van der Waals surface area contributed by atoms with Crippen LogP contribution in [0.25, 0.3) is 0 Å². The minimum absolute atomic E-state index is 0. The Bertz CT molecular complexity index is 358. The van der Waals surface area contributed by atoms with Crippen LogP contribution >= 0.6 is 39.7 Å². The lowest BCUT2D eigenvalue weighted by molar-refractivity contribution is 0.158. The van der Waals surface area contributed by atoms with Gasteiger partial charge in [0.05, 0.1) is 10.4 Å². The van der Waals surface area contributed by atoms with Crippen LogP contribution in [-0.4, -0.2) is 42.8 Å². The van der Waals surface area contributed by atoms with E-state index >= 15 is 0 Å². The van der Waals surface area contributed by atoms with Gasteiger partial charge in [-0.15, -0.1) is 23.7 Å². The fraction of sp³-hybridized carbons (Fsp3) is 0.692. The highest BCUT2D eigenvalue weighted by atomic mass is 79.9. The summed E-state index contributed by atoms with van der Waals surface area (Å²) < 4.78 is 1.18. The third-order valence-electron chi connectivity index (χ3n) is 3.40. The zero-order valence-corrected chi connectivity index (χ0v) is 14.2. The van der Waals surface area contributed by atoms with Crippen molar-refractivity contribution in [1.29, 1.82) is 0 Å². The first-order valence-corrected chi connectivity index (χ1v) is 8.17. The molecule has 0 radical (unpaired) electrons. The number of aliphatic hydroxyl groups excluding tert-OH is 1. The number of thiophene rings is 1. The number of halogens is 2. The summed E-state index contributed by atoms with van der Waals surface area (Å²) in [6.07, 6.45) is 2.52. The molecule has 0 atom stereocenters. The molecule has 1 aliphatic rings. The molecule has 2 heterocycles. The second kappa shape index (κ2) is 9.32. The molecule has 6 heteroatoms. The molecule has 0 unspecified atom stereocenters. The van der Waals surface area contributed by atoms with Gasteiger partial charge in [-0.25, -0.2) is 0 Å². The summed E-state index contributed by atoms with van der Waals surface area (Å²) in [6.45, 7) is 5.37. The highest BCUT2D eigenvalue weighted by Crippen LogP contribution is 2.24. The smallest absolute Gasteiger partial charge is 0.0701 e. The van der Waals surface area contributed by atoms with E-state index in [4.69, 9.17) is 0 Å². The van der Waals surface area contributed by atoms with Crippen molar-refractivity contribution in [2.45, 2.75) is 19.4 Å². The predicted molar refractivity (Wildman–Crippen MR) is 87.2 cm³/mol. The van der Waals surface area contributed by atoms with E-state index in [1.165, 1.54) is 21.5 Å². The minimum atomic E-state index is 0. The van der Waals surface area contributed by atoms with E-state index in [-0.39, 0.29) is 19.0 Å². The average molecular weight is 370 g/mol. The summed E-state index contributed by atoms with van der Waals surface area (Å²) in [4.78, 5) is 3.75. The number of piperidine rings is 1. The molecular weight excluding hydrogens is 348 g/mol. The molecule has 0 bridgehead atoms. The van der Waals surface area contributed by atoms with Crippen LogP contribution < -0.4 is 5.32 Å². The topological polar surface area (TPSA) is 35.5 Å². The van der Waals surface area contributed by atoms with Gasteiger partial charge in [0, 0.05) is 24.5 Å². The summed E-state index contributed by atoms with van der Waals surface area (Å²) >= 11 is 5.29. The second-order valence-electron chi connectivity index (χ2n) is 4.86. The highest BCUT2D eigenvalue weighted by molar-refractivity contribution is 9.11. The maximum absolute atomic E-state index is 9.19. The lowest BCUT2D eigenvalue weighted by Gasteiger charge is -2.29. The first kappa shape index (κ1) is 17.4. The Kier molecular flexibility index (Phi) is 8.53. The molecule has 1 fully saturated rings. The van der Waals surface area contributed by atoms with Gasteiger partial charge in [0.25, 0.3) is 0 Å². The SMILES string of the molecule is Cl.OCCN(Cc1ccc(Br)s1)CC1CCNCC1. The van der Waals surface area contributed by atoms with Crippen LogP contribution in [-0.2, 0) is 6.54 Å². The third kappa shape index (κ3) is 6.10. The van der Waals surface area contributed by atoms with E-state index in [1.54, 1.807) is 11.3 Å². The number of hydrogen-bond donors (Lipinski definition) is 2. The van der Waals surface area contributed by atoms with Crippen molar-refractivity contribution in [3.05, 3.63) is 20.8 Å². The van der Waals surface area contributed by atoms with Crippen LogP contribution in [0, 0.1) is 5.92 Å². The zero-order chi connectivity index (χ0) is 12.8. The molecule has 0 amide bonds. The molecular formula is C13H22BrClN2OS. The van der Waals surface area contributed by atoms with Crippen molar-refractivity contribution >= 4 is 39.7 Å². The molecule has 2 rings (SSSR count). The van der Waals surface area contributed by atoms with Gasteiger partial charge < -0.3 is 10.4 Å². The minimum Gasteiger partial charge on any atom is -0.395 e. The largest absolute Gasteiger partial charge is 0.395 e. The number of hydrogen-bond acceptors (Lipinski definition) is 4. The number of nitrogens with zero attached hydrogens (tertiary/aromatic N) is 1. The molecule has 2 N–H and O–H groups in total. The maximum atomic E-state index is 9.19. The molecule has 1 aliphatic heterocycles. The van der Waals surface area contributed by atoms with E-state index < -0.39 is 0 Å². The lowest BCUT2D eigenvalue weighted by atomic mass is 9.97. The summed E-state index contributed by atoms with van der Waals surface area (Å²) in [5.41, 5.74) is 0. The van der Waals surface area contributed by atoms with Crippen LogP contribution in [0.3, 0.4) is 0 Å². The van der Waals surface area contributed by atoms with Gasteiger partial charge in [0.15, 0.2) is 0 Å². The molecule has 19 heavy (non-hydrogen) atoms. The summed E-state index contributed by atoms with van der Waals surface area (Å²) in [7, 11) is 0. The van der Waals surface area contributed by atoms with Crippen LogP contribution in [0.2, 0.25) is 0 Å². The summed E-state index contributed by atoms with van der Waals surface area (Å²) in [5.74, 6) is 0.779. The van der Waals surface area contributed by atoms with Crippen LogP contribution in [0.1, 0.15) is 17.7 Å². The fourth-order valence-corrected chi connectivity index (χ4v) is 3.99. The van der Waals surface area contributed by atoms with Gasteiger partial charge in [0.2, 0.25) is 0 Å². The normalized spacial score (nSPS) is 16.6. The van der Waals surface area contributed by atoms with Crippen molar-refractivity contribution in [1.82, 2.24) is 10.2 Å². The van der Waals surface area contributed by atoms with Gasteiger partial charge in [0.1, 0.15) is 0 Å². The molecule has 1 aromatic rings. The van der Waals surface area contributed by atoms with Crippen LogP contribution in [0.4, 0.5) is 0 Å². The first-order chi connectivity index (χ1) is 8.78. The Balaban J connectivity index is 0.00000180. The predicted octanol–water partition coefficient (Wildman–Crippen LogP) is 2.73. The molecule has 0 aliphatic carbocycles. The monoisotopic (exact) mass is 368 g/mol. The molecule has 1 aromatic heterocycles. The molecule has 0 aromatic carbocycles. The van der Waals surface area contributed by atoms with Gasteiger partial charge >= 0.3 is 0 Å². The Hall–Kier alpha value is 0.350. The molecule has 1 saturated heterocycles. The maximum Gasteiger partial charge on any atom is 0.0701 e. The highest BCUT2D eigenvalue weighted by Gasteiger charge is 2.17. The summed E-state index contributed by atoms with van der Waals surface area (Å²) in [6, 6.07) is 4.27. The Morgan fingerprint density at radius 2 is 2.11 bits per heavy atom. The van der Waals surface area contributed by atoms with Crippen molar-refractivity contribution in [2.24, 2.45) is 5.92 Å². The first-order valence-electron chi connectivity index (χ1n) is 6.56. The van der Waals surface area contributed by atoms with Crippen LogP contribution in [0.5, 0.6) is 0 Å². The number of aliphatic hydroxyl groups is 1. The van der Waals surface area contributed by atoms with E-state index in [2.05, 4.69) is 38.3 Å².